The van der Waals surface area contributed by atoms with Crippen LogP contribution in [0.2, 0.25) is 10.0 Å². The maximum atomic E-state index is 6.07. The smallest absolute Gasteiger partial charge is 0.176 e. The highest BCUT2D eigenvalue weighted by Gasteiger charge is 2.07. The fraction of sp³-hybridized carbons (Fsp3) is 0.0769. The van der Waals surface area contributed by atoms with E-state index in [9.17, 15) is 0 Å². The lowest BCUT2D eigenvalue weighted by molar-refractivity contribution is 1.27. The second-order valence-corrected chi connectivity index (χ2v) is 5.04. The van der Waals surface area contributed by atoms with Crippen LogP contribution in [-0.2, 0) is 0 Å². The Hall–Kier alpha value is -1.36. The van der Waals surface area contributed by atoms with E-state index in [-0.39, 0.29) is 0 Å². The minimum absolute atomic E-state index is 0.408. The third kappa shape index (κ3) is 3.56. The van der Waals surface area contributed by atoms with Gasteiger partial charge in [0.05, 0.1) is 15.7 Å². The molecule has 2 N–H and O–H groups in total. The number of thiocarbonyl (C=S) groups is 1. The molecule has 2 aromatic rings. The molecule has 0 radical (unpaired) electrons. The number of nitrogens with one attached hydrogen (secondary N) is 2. The third-order valence-corrected chi connectivity index (χ3v) is 3.46. The van der Waals surface area contributed by atoms with E-state index in [1.165, 1.54) is 0 Å². The molecule has 0 aliphatic carbocycles. The van der Waals surface area contributed by atoms with E-state index >= 15 is 0 Å². The van der Waals surface area contributed by atoms with Crippen LogP contribution in [-0.4, -0.2) is 10.1 Å². The van der Waals surface area contributed by atoms with Gasteiger partial charge in [0.15, 0.2) is 5.11 Å². The number of rotatable bonds is 2. The van der Waals surface area contributed by atoms with Crippen LogP contribution in [0.15, 0.2) is 36.5 Å². The van der Waals surface area contributed by atoms with Crippen molar-refractivity contribution < 1.29 is 0 Å². The van der Waals surface area contributed by atoms with Crippen molar-refractivity contribution in [2.24, 2.45) is 0 Å². The molecule has 0 bridgehead atoms. The minimum atomic E-state index is 0.408. The first-order chi connectivity index (χ1) is 9.08. The molecule has 0 spiro atoms. The molecule has 98 valence electrons. The summed E-state index contributed by atoms with van der Waals surface area (Å²) in [6.45, 7) is 1.95. The predicted octanol–water partition coefficient (Wildman–Crippen LogP) is 4.51. The summed E-state index contributed by atoms with van der Waals surface area (Å²) >= 11 is 17.2. The quantitative estimate of drug-likeness (QED) is 0.800. The van der Waals surface area contributed by atoms with Crippen molar-refractivity contribution in [3.63, 3.8) is 0 Å². The summed E-state index contributed by atoms with van der Waals surface area (Å²) in [5.41, 5.74) is 1.66. The Balaban J connectivity index is 2.10. The highest BCUT2D eigenvalue weighted by molar-refractivity contribution is 7.80. The Morgan fingerprint density at radius 1 is 1.16 bits per heavy atom. The molecule has 1 aromatic heterocycles. The molecular formula is C13H11Cl2N3S. The molecule has 3 nitrogen and oxygen atoms in total. The van der Waals surface area contributed by atoms with Gasteiger partial charge in [0.1, 0.15) is 5.82 Å². The predicted molar refractivity (Wildman–Crippen MR) is 85.3 cm³/mol. The third-order valence-electron chi connectivity index (χ3n) is 2.44. The van der Waals surface area contributed by atoms with Crippen molar-refractivity contribution >= 4 is 52.0 Å². The van der Waals surface area contributed by atoms with Gasteiger partial charge in [0, 0.05) is 6.20 Å². The van der Waals surface area contributed by atoms with Gasteiger partial charge < -0.3 is 10.6 Å². The van der Waals surface area contributed by atoms with Crippen LogP contribution in [0.1, 0.15) is 5.56 Å². The van der Waals surface area contributed by atoms with Gasteiger partial charge in [-0.2, -0.15) is 0 Å². The topological polar surface area (TPSA) is 37.0 Å². The fourth-order valence-electron chi connectivity index (χ4n) is 1.48. The molecule has 0 saturated heterocycles. The largest absolute Gasteiger partial charge is 0.331 e. The second kappa shape index (κ2) is 6.19. The summed E-state index contributed by atoms with van der Waals surface area (Å²) in [5.74, 6) is 0.707. The number of benzene rings is 1. The highest BCUT2D eigenvalue weighted by atomic mass is 35.5. The van der Waals surface area contributed by atoms with Crippen molar-refractivity contribution in [1.82, 2.24) is 4.98 Å². The molecule has 2 rings (SSSR count). The van der Waals surface area contributed by atoms with Gasteiger partial charge in [0.25, 0.3) is 0 Å². The van der Waals surface area contributed by atoms with Gasteiger partial charge in [-0.25, -0.2) is 4.98 Å². The molecule has 0 saturated carbocycles. The van der Waals surface area contributed by atoms with Crippen LogP contribution < -0.4 is 10.6 Å². The van der Waals surface area contributed by atoms with Gasteiger partial charge >= 0.3 is 0 Å². The summed E-state index contributed by atoms with van der Waals surface area (Å²) in [7, 11) is 0. The van der Waals surface area contributed by atoms with Gasteiger partial charge in [-0.15, -0.1) is 0 Å². The number of halogens is 2. The fourth-order valence-corrected chi connectivity index (χ4v) is 2.03. The van der Waals surface area contributed by atoms with Crippen LogP contribution in [0.3, 0.4) is 0 Å². The van der Waals surface area contributed by atoms with E-state index in [0.29, 0.717) is 26.7 Å². The zero-order chi connectivity index (χ0) is 13.8. The molecule has 19 heavy (non-hydrogen) atoms. The minimum Gasteiger partial charge on any atom is -0.331 e. The van der Waals surface area contributed by atoms with Gasteiger partial charge in [-0.1, -0.05) is 35.3 Å². The van der Waals surface area contributed by atoms with Crippen LogP contribution in [0.25, 0.3) is 0 Å². The van der Waals surface area contributed by atoms with E-state index in [1.54, 1.807) is 24.4 Å². The second-order valence-electron chi connectivity index (χ2n) is 3.85. The summed E-state index contributed by atoms with van der Waals surface area (Å²) in [5, 5.41) is 7.32. The summed E-state index contributed by atoms with van der Waals surface area (Å²) < 4.78 is 0. The lowest BCUT2D eigenvalue weighted by Gasteiger charge is -2.12. The number of aromatic nitrogens is 1. The van der Waals surface area contributed by atoms with Crippen molar-refractivity contribution in [3.8, 4) is 0 Å². The SMILES string of the molecule is Cc1cccnc1NC(=S)Nc1cccc(Cl)c1Cl. The van der Waals surface area contributed by atoms with Crippen molar-refractivity contribution in [1.29, 1.82) is 0 Å². The zero-order valence-electron chi connectivity index (χ0n) is 10.1. The summed E-state index contributed by atoms with van der Waals surface area (Å²) in [6, 6.07) is 9.13. The molecule has 6 heteroatoms. The molecule has 0 aliphatic heterocycles. The summed E-state index contributed by atoms with van der Waals surface area (Å²) in [6.07, 6.45) is 1.70. The Morgan fingerprint density at radius 2 is 1.95 bits per heavy atom. The monoisotopic (exact) mass is 311 g/mol. The first-order valence-corrected chi connectivity index (χ1v) is 6.68. The van der Waals surface area contributed by atoms with Crippen molar-refractivity contribution in [3.05, 3.63) is 52.1 Å². The molecule has 1 aromatic carbocycles. The maximum Gasteiger partial charge on any atom is 0.176 e. The van der Waals surface area contributed by atoms with E-state index in [2.05, 4.69) is 15.6 Å². The van der Waals surface area contributed by atoms with Gasteiger partial charge in [-0.3, -0.25) is 0 Å². The Labute approximate surface area is 127 Å². The highest BCUT2D eigenvalue weighted by Crippen LogP contribution is 2.29. The van der Waals surface area contributed by atoms with Crippen molar-refractivity contribution in [2.45, 2.75) is 6.92 Å². The number of anilines is 2. The van der Waals surface area contributed by atoms with E-state index in [0.717, 1.165) is 5.56 Å². The van der Waals surface area contributed by atoms with E-state index < -0.39 is 0 Å². The van der Waals surface area contributed by atoms with Gasteiger partial charge in [0.2, 0.25) is 0 Å². The van der Waals surface area contributed by atoms with E-state index in [4.69, 9.17) is 35.4 Å². The summed E-state index contributed by atoms with van der Waals surface area (Å²) in [4.78, 5) is 4.20. The Morgan fingerprint density at radius 3 is 2.68 bits per heavy atom. The molecule has 0 unspecified atom stereocenters. The first-order valence-electron chi connectivity index (χ1n) is 5.51. The molecular weight excluding hydrogens is 301 g/mol. The maximum absolute atomic E-state index is 6.07. The van der Waals surface area contributed by atoms with Crippen LogP contribution in [0.5, 0.6) is 0 Å². The number of nitrogens with zero attached hydrogens (tertiary/aromatic N) is 1. The number of aryl methyl sites for hydroxylation is 1. The Bertz CT molecular complexity index is 617. The lowest BCUT2D eigenvalue weighted by Crippen LogP contribution is -2.20. The molecule has 0 amide bonds. The van der Waals surface area contributed by atoms with E-state index in [1.807, 2.05) is 19.1 Å². The van der Waals surface area contributed by atoms with Crippen molar-refractivity contribution in [2.75, 3.05) is 10.6 Å². The zero-order valence-corrected chi connectivity index (χ0v) is 12.4. The number of hydrogen-bond acceptors (Lipinski definition) is 2. The average molecular weight is 312 g/mol. The van der Waals surface area contributed by atoms with Gasteiger partial charge in [-0.05, 0) is 42.9 Å². The number of pyridine rings is 1. The van der Waals surface area contributed by atoms with Crippen LogP contribution in [0.4, 0.5) is 11.5 Å². The molecule has 0 atom stereocenters. The van der Waals surface area contributed by atoms with Crippen LogP contribution in [0, 0.1) is 6.92 Å². The molecule has 1 heterocycles. The first kappa shape index (κ1) is 14.1. The average Bonchev–Trinajstić information content (AvgIpc) is 2.38. The number of hydrogen-bond donors (Lipinski definition) is 2. The van der Waals surface area contributed by atoms with Crippen LogP contribution >= 0.6 is 35.4 Å². The Kier molecular flexibility index (Phi) is 4.58. The molecule has 0 fully saturated rings. The molecule has 0 aliphatic rings. The lowest BCUT2D eigenvalue weighted by atomic mass is 10.3. The standard InChI is InChI=1S/C13H11Cl2N3S/c1-8-4-3-7-16-12(8)18-13(19)17-10-6-2-5-9(14)11(10)15/h2-7H,1H3,(H2,16,17,18,19). The normalized spacial score (nSPS) is 10.1.